The van der Waals surface area contributed by atoms with Crippen molar-refractivity contribution in [2.24, 2.45) is 0 Å². The molecule has 1 aliphatic rings. The molecule has 304 valence electrons. The van der Waals surface area contributed by atoms with Gasteiger partial charge in [0.1, 0.15) is 24.4 Å². The summed E-state index contributed by atoms with van der Waals surface area (Å²) in [5.41, 5.74) is -1.45. The van der Waals surface area contributed by atoms with Crippen LogP contribution in [-0.2, 0) is 37.4 Å². The molecule has 1 heterocycles. The molecule has 58 heavy (non-hydrogen) atoms. The van der Waals surface area contributed by atoms with Gasteiger partial charge in [-0.05, 0) is 169 Å². The molecule has 13 heteroatoms. The normalized spacial score (nSPS) is 18.1. The Bertz CT molecular complexity index is 2140. The predicted octanol–water partition coefficient (Wildman–Crippen LogP) is 3.05. The lowest BCUT2D eigenvalue weighted by molar-refractivity contribution is -0.139. The number of phosphoric acid groups is 1. The van der Waals surface area contributed by atoms with Crippen molar-refractivity contribution < 1.29 is 47.4 Å². The maximum Gasteiger partial charge on any atom is 0.473 e. The molecule has 0 bridgehead atoms. The van der Waals surface area contributed by atoms with Crippen molar-refractivity contribution >= 4 is 19.7 Å². The predicted molar refractivity (Wildman–Crippen MR) is 220 cm³/mol. The van der Waals surface area contributed by atoms with Gasteiger partial charge in [-0.3, -0.25) is 24.0 Å². The first-order chi connectivity index (χ1) is 27.4. The van der Waals surface area contributed by atoms with E-state index in [1.54, 1.807) is 34.6 Å². The summed E-state index contributed by atoms with van der Waals surface area (Å²) in [6, 6.07) is -1.57. The number of carboxylic acids is 1. The number of ether oxygens (including phenoxy) is 3. The fourth-order valence-electron chi connectivity index (χ4n) is 4.66. The lowest BCUT2D eigenvalue weighted by atomic mass is 10.0. The number of amides is 1. The minimum atomic E-state index is -4.50. The third kappa shape index (κ3) is 24.9. The highest BCUT2D eigenvalue weighted by Crippen LogP contribution is 2.51. The summed E-state index contributed by atoms with van der Waals surface area (Å²) < 4.78 is 41.5. The molecule has 1 amide bonds. The maximum atomic E-state index is 12.9. The van der Waals surface area contributed by atoms with Gasteiger partial charge in [-0.25, -0.2) is 4.57 Å². The quantitative estimate of drug-likeness (QED) is 0.103. The SMILES string of the molecule is CC#CC#CC#CC#CC#CC#CC#CC#CC#CC#CC(C)N[C@@H](CCC(=O)NCCC[C@@H]1O[C@H](COC(C)(C)C)[C@@H](OP(=O)(O)OC(C)(C)C)[C@H]1OC)C(=O)O. The van der Waals surface area contributed by atoms with Gasteiger partial charge in [0.2, 0.25) is 5.91 Å². The van der Waals surface area contributed by atoms with E-state index in [0.717, 1.165) is 0 Å². The summed E-state index contributed by atoms with van der Waals surface area (Å²) in [6.45, 7) is 14.2. The summed E-state index contributed by atoms with van der Waals surface area (Å²) in [6.07, 6.45) is -2.08. The Hall–Kier alpha value is -5.51. The third-order valence-electron chi connectivity index (χ3n) is 6.88. The summed E-state index contributed by atoms with van der Waals surface area (Å²) >= 11 is 0. The van der Waals surface area contributed by atoms with E-state index in [4.69, 9.17) is 23.3 Å². The molecular formula is C45H49N2O10P. The first-order valence-corrected chi connectivity index (χ1v) is 19.6. The molecule has 0 aromatic rings. The summed E-state index contributed by atoms with van der Waals surface area (Å²) in [4.78, 5) is 34.9. The molecule has 0 spiro atoms. The zero-order valence-corrected chi connectivity index (χ0v) is 35.2. The van der Waals surface area contributed by atoms with E-state index < -0.39 is 61.5 Å². The summed E-state index contributed by atoms with van der Waals surface area (Å²) in [5, 5.41) is 15.4. The van der Waals surface area contributed by atoms with E-state index in [9.17, 15) is 24.2 Å². The molecule has 0 radical (unpaired) electrons. The van der Waals surface area contributed by atoms with Crippen LogP contribution in [-0.4, -0.2) is 89.8 Å². The monoisotopic (exact) mass is 808 g/mol. The van der Waals surface area contributed by atoms with E-state index in [1.807, 2.05) is 20.8 Å². The summed E-state index contributed by atoms with van der Waals surface area (Å²) in [5.74, 6) is 49.3. The molecule has 1 fully saturated rings. The van der Waals surface area contributed by atoms with Crippen LogP contribution in [0.15, 0.2) is 0 Å². The molecule has 1 aliphatic heterocycles. The van der Waals surface area contributed by atoms with Gasteiger partial charge in [0.05, 0.1) is 30.0 Å². The molecule has 12 nitrogen and oxygen atoms in total. The van der Waals surface area contributed by atoms with Crippen LogP contribution >= 0.6 is 7.82 Å². The van der Waals surface area contributed by atoms with Crippen LogP contribution in [0.2, 0.25) is 0 Å². The lowest BCUT2D eigenvalue weighted by Gasteiger charge is -2.29. The Morgan fingerprint density at radius 3 is 1.72 bits per heavy atom. The zero-order chi connectivity index (χ0) is 43.5. The summed E-state index contributed by atoms with van der Waals surface area (Å²) in [7, 11) is -3.04. The van der Waals surface area contributed by atoms with Gasteiger partial charge < -0.3 is 29.5 Å². The number of nitrogens with one attached hydrogen (secondary N) is 2. The first kappa shape index (κ1) is 50.5. The highest BCUT2D eigenvalue weighted by Gasteiger charge is 2.49. The van der Waals surface area contributed by atoms with Crippen LogP contribution in [0.25, 0.3) is 0 Å². The third-order valence-corrected chi connectivity index (χ3v) is 8.16. The highest BCUT2D eigenvalue weighted by molar-refractivity contribution is 7.47. The Labute approximate surface area is 344 Å². The van der Waals surface area contributed by atoms with E-state index >= 15 is 0 Å². The van der Waals surface area contributed by atoms with Gasteiger partial charge in [0, 0.05) is 31.9 Å². The Kier molecular flexibility index (Phi) is 23.7. The maximum absolute atomic E-state index is 12.9. The van der Waals surface area contributed by atoms with E-state index in [1.165, 1.54) is 7.11 Å². The van der Waals surface area contributed by atoms with E-state index in [2.05, 4.69) is 129 Å². The second kappa shape index (κ2) is 27.2. The van der Waals surface area contributed by atoms with Crippen molar-refractivity contribution in [3.8, 4) is 118 Å². The largest absolute Gasteiger partial charge is 0.480 e. The topological polar surface area (TPSA) is 162 Å². The molecule has 0 aromatic heterocycles. The fraction of sp³-hybridized carbons (Fsp3) is 0.511. The molecule has 1 saturated heterocycles. The van der Waals surface area contributed by atoms with Crippen LogP contribution < -0.4 is 10.6 Å². The number of hydrogen-bond donors (Lipinski definition) is 4. The van der Waals surface area contributed by atoms with Crippen molar-refractivity contribution in [1.29, 1.82) is 0 Å². The average Bonchev–Trinajstić information content (AvgIpc) is 3.45. The minimum absolute atomic E-state index is 0.0224. The molecule has 2 unspecified atom stereocenters. The number of rotatable bonds is 16. The number of phosphoric ester groups is 1. The average molecular weight is 809 g/mol. The van der Waals surface area contributed by atoms with Crippen molar-refractivity contribution in [2.75, 3.05) is 20.3 Å². The van der Waals surface area contributed by atoms with Gasteiger partial charge in [0.15, 0.2) is 0 Å². The zero-order valence-electron chi connectivity index (χ0n) is 34.3. The molecule has 0 aromatic carbocycles. The molecule has 0 saturated carbocycles. The number of carbonyl (C=O) groups is 2. The molecule has 0 aliphatic carbocycles. The number of carbonyl (C=O) groups excluding carboxylic acids is 1. The minimum Gasteiger partial charge on any atom is -0.480 e. The van der Waals surface area contributed by atoms with Gasteiger partial charge >= 0.3 is 13.8 Å². The van der Waals surface area contributed by atoms with Gasteiger partial charge in [-0.15, -0.1) is 0 Å². The van der Waals surface area contributed by atoms with Crippen LogP contribution in [0.3, 0.4) is 0 Å². The number of carboxylic acid groups (broad SMARTS) is 1. The van der Waals surface area contributed by atoms with Crippen LogP contribution in [0, 0.1) is 118 Å². The lowest BCUT2D eigenvalue weighted by Crippen LogP contribution is -2.42. The van der Waals surface area contributed by atoms with Crippen molar-refractivity contribution in [3.05, 3.63) is 0 Å². The highest BCUT2D eigenvalue weighted by atomic mass is 31.2. The second-order valence-corrected chi connectivity index (χ2v) is 15.4. The molecule has 7 atom stereocenters. The first-order valence-electron chi connectivity index (χ1n) is 18.1. The van der Waals surface area contributed by atoms with Crippen LogP contribution in [0.1, 0.15) is 81.1 Å². The van der Waals surface area contributed by atoms with Gasteiger partial charge in [-0.2, -0.15) is 0 Å². The molecular weight excluding hydrogens is 759 g/mol. The molecule has 1 rings (SSSR count). The van der Waals surface area contributed by atoms with Crippen molar-refractivity contribution in [3.63, 3.8) is 0 Å². The smallest absolute Gasteiger partial charge is 0.473 e. The second-order valence-electron chi connectivity index (χ2n) is 14.0. The van der Waals surface area contributed by atoms with Crippen LogP contribution in [0.4, 0.5) is 0 Å². The Morgan fingerprint density at radius 2 is 1.28 bits per heavy atom. The Balaban J connectivity index is 2.62. The Morgan fingerprint density at radius 1 is 0.776 bits per heavy atom. The van der Waals surface area contributed by atoms with E-state index in [-0.39, 0.29) is 31.9 Å². The number of methoxy groups -OCH3 is 1. The van der Waals surface area contributed by atoms with Crippen LogP contribution in [0.5, 0.6) is 0 Å². The van der Waals surface area contributed by atoms with E-state index in [0.29, 0.717) is 12.8 Å². The van der Waals surface area contributed by atoms with Gasteiger partial charge in [0.25, 0.3) is 0 Å². The van der Waals surface area contributed by atoms with Crippen molar-refractivity contribution in [2.45, 2.75) is 129 Å². The van der Waals surface area contributed by atoms with Crippen molar-refractivity contribution in [1.82, 2.24) is 10.6 Å². The number of hydrogen-bond acceptors (Lipinski definition) is 9. The fourth-order valence-corrected chi connectivity index (χ4v) is 5.96. The number of aliphatic carboxylic acids is 1. The van der Waals surface area contributed by atoms with Gasteiger partial charge in [-0.1, -0.05) is 11.8 Å². The molecule has 4 N–H and O–H groups in total. The standard InChI is InChI=1S/C45H49N2O10P/c1-10-11-12-13-14-15-16-17-18-19-20-21-22-23-24-25-26-27-28-30-36(2)47-37(43(49)50)32-33-40(48)46-34-29-31-38-41(53-9)42(39(55-38)35-54-44(3,4)5)56-58(51,52)57-45(6,7)8/h36-39,41-42,47H,29,31-35H2,1-9H3,(H,46,48)(H,49,50)(H,51,52)/t36?,37-,38-,39+,41-,42+/m0/s1.